The predicted molar refractivity (Wildman–Crippen MR) is 58.7 cm³/mol. The van der Waals surface area contributed by atoms with Crippen LogP contribution in [0.1, 0.15) is 40.0 Å². The van der Waals surface area contributed by atoms with Crippen molar-refractivity contribution in [3.05, 3.63) is 0 Å². The molecule has 2 atom stereocenters. The Kier molecular flexibility index (Phi) is 2.53. The minimum atomic E-state index is -0.622. The summed E-state index contributed by atoms with van der Waals surface area (Å²) in [5.74, 6) is -0.766. The van der Waals surface area contributed by atoms with E-state index >= 15 is 0 Å². The van der Waals surface area contributed by atoms with Gasteiger partial charge in [-0.05, 0) is 38.1 Å². The second kappa shape index (κ2) is 3.48. The molecular weight excluding hydrogens is 190 g/mol. The van der Waals surface area contributed by atoms with Crippen molar-refractivity contribution in [1.29, 1.82) is 0 Å². The number of hydrogen-bond acceptors (Lipinski definition) is 2. The maximum atomic E-state index is 11.0. The molecule has 0 aromatic rings. The van der Waals surface area contributed by atoms with Crippen LogP contribution in [0.3, 0.4) is 0 Å². The first kappa shape index (κ1) is 10.9. The van der Waals surface area contributed by atoms with Crippen LogP contribution in [-0.2, 0) is 4.79 Å². The molecule has 3 nitrogen and oxygen atoms in total. The first-order valence-electron chi connectivity index (χ1n) is 5.89. The summed E-state index contributed by atoms with van der Waals surface area (Å²) in [7, 11) is 0. The maximum Gasteiger partial charge on any atom is 0.308 e. The zero-order valence-electron chi connectivity index (χ0n) is 9.86. The second-order valence-corrected chi connectivity index (χ2v) is 5.94. The molecule has 2 fully saturated rings. The molecule has 0 amide bonds. The lowest BCUT2D eigenvalue weighted by atomic mass is 9.67. The van der Waals surface area contributed by atoms with E-state index in [0.29, 0.717) is 11.5 Å². The largest absolute Gasteiger partial charge is 0.481 e. The number of carbonyl (C=O) groups is 1. The normalized spacial score (nSPS) is 36.5. The van der Waals surface area contributed by atoms with Gasteiger partial charge in [0, 0.05) is 12.1 Å². The lowest BCUT2D eigenvalue weighted by molar-refractivity contribution is -0.142. The Morgan fingerprint density at radius 2 is 2.00 bits per heavy atom. The summed E-state index contributed by atoms with van der Waals surface area (Å²) in [5.41, 5.74) is 0.478. The van der Waals surface area contributed by atoms with Crippen LogP contribution in [-0.4, -0.2) is 34.6 Å². The van der Waals surface area contributed by atoms with Crippen LogP contribution in [0.25, 0.3) is 0 Å². The molecule has 1 saturated heterocycles. The first-order chi connectivity index (χ1) is 6.91. The lowest BCUT2D eigenvalue weighted by Gasteiger charge is -2.48. The average Bonchev–Trinajstić information content (AvgIpc) is 2.42. The third-order valence-electron chi connectivity index (χ3n) is 4.17. The first-order valence-corrected chi connectivity index (χ1v) is 5.89. The molecule has 1 N–H and O–H groups in total. The molecule has 86 valence electrons. The molecule has 0 spiro atoms. The van der Waals surface area contributed by atoms with Crippen molar-refractivity contribution in [2.75, 3.05) is 6.54 Å². The highest BCUT2D eigenvalue weighted by Gasteiger charge is 2.45. The van der Waals surface area contributed by atoms with E-state index in [1.54, 1.807) is 0 Å². The molecule has 2 aliphatic rings. The number of aliphatic carboxylic acids is 1. The highest BCUT2D eigenvalue weighted by Crippen LogP contribution is 2.45. The smallest absolute Gasteiger partial charge is 0.308 e. The van der Waals surface area contributed by atoms with Crippen molar-refractivity contribution in [1.82, 2.24) is 4.90 Å². The van der Waals surface area contributed by atoms with E-state index in [1.807, 2.05) is 0 Å². The zero-order valence-corrected chi connectivity index (χ0v) is 9.86. The van der Waals surface area contributed by atoms with Gasteiger partial charge in [0.15, 0.2) is 0 Å². The van der Waals surface area contributed by atoms with Crippen molar-refractivity contribution < 1.29 is 9.90 Å². The van der Waals surface area contributed by atoms with Gasteiger partial charge in [-0.2, -0.15) is 0 Å². The van der Waals surface area contributed by atoms with Crippen LogP contribution >= 0.6 is 0 Å². The third-order valence-corrected chi connectivity index (χ3v) is 4.17. The van der Waals surface area contributed by atoms with E-state index in [1.165, 1.54) is 12.8 Å². The van der Waals surface area contributed by atoms with Gasteiger partial charge in [0.1, 0.15) is 0 Å². The average molecular weight is 211 g/mol. The van der Waals surface area contributed by atoms with Crippen LogP contribution in [0, 0.1) is 11.3 Å². The van der Waals surface area contributed by atoms with Crippen molar-refractivity contribution >= 4 is 5.97 Å². The van der Waals surface area contributed by atoms with Gasteiger partial charge in [-0.25, -0.2) is 0 Å². The van der Waals surface area contributed by atoms with Crippen LogP contribution in [0.15, 0.2) is 0 Å². The van der Waals surface area contributed by atoms with Gasteiger partial charge in [-0.15, -0.1) is 0 Å². The van der Waals surface area contributed by atoms with E-state index in [4.69, 9.17) is 5.11 Å². The number of rotatable bonds is 2. The molecule has 15 heavy (non-hydrogen) atoms. The summed E-state index contributed by atoms with van der Waals surface area (Å²) in [6.07, 6.45) is 3.28. The Labute approximate surface area is 91.5 Å². The molecule has 1 saturated carbocycles. The minimum Gasteiger partial charge on any atom is -0.481 e. The standard InChI is InChI=1S/C12H21NO2/c1-8-10(11(14)15)4-5-13(8)9-6-12(2,3)7-9/h8-10H,4-7H2,1-3H3,(H,14,15). The quantitative estimate of drug-likeness (QED) is 0.759. The van der Waals surface area contributed by atoms with Crippen molar-refractivity contribution in [2.45, 2.75) is 52.1 Å². The highest BCUT2D eigenvalue weighted by atomic mass is 16.4. The van der Waals surface area contributed by atoms with Gasteiger partial charge in [0.05, 0.1) is 5.92 Å². The van der Waals surface area contributed by atoms with Gasteiger partial charge < -0.3 is 5.11 Å². The van der Waals surface area contributed by atoms with Crippen molar-refractivity contribution in [2.24, 2.45) is 11.3 Å². The molecule has 0 bridgehead atoms. The van der Waals surface area contributed by atoms with Crippen LogP contribution < -0.4 is 0 Å². The summed E-state index contributed by atoms with van der Waals surface area (Å²) < 4.78 is 0. The van der Waals surface area contributed by atoms with Crippen LogP contribution in [0.5, 0.6) is 0 Å². The lowest BCUT2D eigenvalue weighted by Crippen LogP contribution is -2.50. The molecule has 0 aromatic carbocycles. The predicted octanol–water partition coefficient (Wildman–Crippen LogP) is 1.97. The van der Waals surface area contributed by atoms with Crippen LogP contribution in [0.2, 0.25) is 0 Å². The summed E-state index contributed by atoms with van der Waals surface area (Å²) in [6.45, 7) is 7.62. The van der Waals surface area contributed by atoms with Gasteiger partial charge in [-0.3, -0.25) is 9.69 Å². The maximum absolute atomic E-state index is 11.0. The molecule has 0 aromatic heterocycles. The number of nitrogens with zero attached hydrogens (tertiary/aromatic N) is 1. The van der Waals surface area contributed by atoms with Gasteiger partial charge >= 0.3 is 5.97 Å². The van der Waals surface area contributed by atoms with Crippen LogP contribution in [0.4, 0.5) is 0 Å². The summed E-state index contributed by atoms with van der Waals surface area (Å²) in [5, 5.41) is 9.05. The van der Waals surface area contributed by atoms with E-state index in [0.717, 1.165) is 13.0 Å². The Morgan fingerprint density at radius 1 is 1.40 bits per heavy atom. The molecule has 1 heterocycles. The third kappa shape index (κ3) is 1.89. The zero-order chi connectivity index (χ0) is 11.2. The Bertz CT molecular complexity index is 267. The monoisotopic (exact) mass is 211 g/mol. The summed E-state index contributed by atoms with van der Waals surface area (Å²) in [4.78, 5) is 13.4. The number of hydrogen-bond donors (Lipinski definition) is 1. The fraction of sp³-hybridized carbons (Fsp3) is 0.917. The fourth-order valence-electron chi connectivity index (χ4n) is 3.26. The molecule has 3 heteroatoms. The topological polar surface area (TPSA) is 40.5 Å². The number of carboxylic acids is 1. The van der Waals surface area contributed by atoms with Gasteiger partial charge in [0.2, 0.25) is 0 Å². The number of likely N-dealkylation sites (tertiary alicyclic amines) is 1. The molecular formula is C12H21NO2. The van der Waals surface area contributed by atoms with Gasteiger partial charge in [-0.1, -0.05) is 13.8 Å². The van der Waals surface area contributed by atoms with E-state index in [-0.39, 0.29) is 12.0 Å². The highest BCUT2D eigenvalue weighted by molar-refractivity contribution is 5.71. The minimum absolute atomic E-state index is 0.145. The molecule has 1 aliphatic carbocycles. The van der Waals surface area contributed by atoms with E-state index in [2.05, 4.69) is 25.7 Å². The number of carboxylic acid groups (broad SMARTS) is 1. The SMILES string of the molecule is CC1C(C(=O)O)CCN1C1CC(C)(C)C1. The summed E-state index contributed by atoms with van der Waals surface area (Å²) in [6, 6.07) is 0.864. The van der Waals surface area contributed by atoms with Gasteiger partial charge in [0.25, 0.3) is 0 Å². The fourth-order valence-corrected chi connectivity index (χ4v) is 3.26. The molecule has 2 rings (SSSR count). The van der Waals surface area contributed by atoms with Crippen molar-refractivity contribution in [3.8, 4) is 0 Å². The Morgan fingerprint density at radius 3 is 2.40 bits per heavy atom. The molecule has 2 unspecified atom stereocenters. The van der Waals surface area contributed by atoms with Crippen molar-refractivity contribution in [3.63, 3.8) is 0 Å². The van der Waals surface area contributed by atoms with E-state index in [9.17, 15) is 4.79 Å². The summed E-state index contributed by atoms with van der Waals surface area (Å²) >= 11 is 0. The second-order valence-electron chi connectivity index (χ2n) is 5.94. The Hall–Kier alpha value is -0.570. The Balaban J connectivity index is 1.94. The molecule has 0 radical (unpaired) electrons. The molecule has 1 aliphatic heterocycles. The van der Waals surface area contributed by atoms with E-state index < -0.39 is 5.97 Å².